The minimum atomic E-state index is -2.71. The van der Waals surface area contributed by atoms with Gasteiger partial charge in [-0.15, -0.1) is 0 Å². The van der Waals surface area contributed by atoms with E-state index in [1.807, 2.05) is 0 Å². The van der Waals surface area contributed by atoms with Crippen molar-refractivity contribution in [1.29, 1.82) is 0 Å². The number of allylic oxidation sites excluding steroid dienone is 7. The lowest BCUT2D eigenvalue weighted by atomic mass is 9.75. The fourth-order valence-corrected chi connectivity index (χ4v) is 33.1. The molecule has 0 saturated heterocycles. The van der Waals surface area contributed by atoms with E-state index in [0.717, 1.165) is 49.6 Å². The lowest BCUT2D eigenvalue weighted by Gasteiger charge is -2.49. The summed E-state index contributed by atoms with van der Waals surface area (Å²) in [6.45, 7) is 13.9. The molecule has 0 radical (unpaired) electrons. The Morgan fingerprint density at radius 2 is 0.946 bits per heavy atom. The first-order valence-corrected chi connectivity index (χ1v) is 46.2. The largest absolute Gasteiger partial charge is 0.314 e. The predicted octanol–water partition coefficient (Wildman–Crippen LogP) is 23.1. The van der Waals surface area contributed by atoms with E-state index in [1.165, 1.54) is 185 Å². The Labute approximate surface area is 663 Å². The van der Waals surface area contributed by atoms with Crippen LogP contribution in [0.1, 0.15) is 155 Å². The average molecular weight is 1480 g/mol. The molecule has 4 heteroatoms. The molecular weight excluding hydrogens is 1370 g/mol. The van der Waals surface area contributed by atoms with Gasteiger partial charge in [0.15, 0.2) is 8.07 Å². The Bertz CT molecular complexity index is 5450. The second kappa shape index (κ2) is 30.5. The molecule has 554 valence electrons. The zero-order valence-electron chi connectivity index (χ0n) is 66.2. The molecule has 2 atom stereocenters. The Hall–Kier alpha value is -10.1. The molecule has 0 bridgehead atoms. The van der Waals surface area contributed by atoms with Gasteiger partial charge in [0.05, 0.1) is 11.2 Å². The maximum absolute atomic E-state index is 2.72. The van der Waals surface area contributed by atoms with Gasteiger partial charge in [-0.05, 0) is 210 Å². The van der Waals surface area contributed by atoms with E-state index in [0.29, 0.717) is 17.8 Å². The summed E-state index contributed by atoms with van der Waals surface area (Å²) in [6.07, 6.45) is 37.4. The molecule has 18 rings (SSSR count). The highest BCUT2D eigenvalue weighted by Gasteiger charge is 2.51. The minimum Gasteiger partial charge on any atom is -0.314 e. The maximum atomic E-state index is 2.72. The van der Waals surface area contributed by atoms with Crippen LogP contribution in [0.15, 0.2) is 320 Å². The molecule has 2 nitrogen and oxygen atoms in total. The molecule has 0 aliphatic heterocycles. The number of rotatable bonds is 17. The van der Waals surface area contributed by atoms with Crippen LogP contribution in [0.3, 0.4) is 0 Å². The van der Waals surface area contributed by atoms with Gasteiger partial charge in [-0.25, -0.2) is 0 Å². The quantitative estimate of drug-likeness (QED) is 0.0652. The van der Waals surface area contributed by atoms with Gasteiger partial charge in [0, 0.05) is 38.9 Å². The van der Waals surface area contributed by atoms with Crippen molar-refractivity contribution in [3.05, 3.63) is 347 Å². The molecule has 2 fully saturated rings. The van der Waals surface area contributed by atoms with Crippen LogP contribution in [0, 0.1) is 23.2 Å². The molecule has 2 saturated carbocycles. The molecule has 111 heavy (non-hydrogen) atoms. The number of hydrogen-bond acceptors (Lipinski definition) is 1. The third kappa shape index (κ3) is 13.6. The van der Waals surface area contributed by atoms with Crippen LogP contribution in [-0.4, -0.2) is 20.7 Å². The van der Waals surface area contributed by atoms with E-state index in [4.69, 9.17) is 0 Å². The molecule has 1 heterocycles. The van der Waals surface area contributed by atoms with Gasteiger partial charge in [-0.2, -0.15) is 0 Å². The lowest BCUT2D eigenvalue weighted by molar-refractivity contribution is 0.354. The third-order valence-electron chi connectivity index (χ3n) is 27.1. The highest BCUT2D eigenvalue weighted by atomic mass is 28.3. The third-order valence-corrected chi connectivity index (χ3v) is 38.2. The number of nitrogens with zero attached hydrogens (tertiary/aromatic N) is 2. The van der Waals surface area contributed by atoms with Crippen molar-refractivity contribution >= 4 is 87.8 Å². The predicted molar refractivity (Wildman–Crippen MR) is 480 cm³/mol. The van der Waals surface area contributed by atoms with Crippen LogP contribution in [0.2, 0.25) is 11.1 Å². The van der Waals surface area contributed by atoms with Crippen LogP contribution in [-0.2, 0) is 11.8 Å². The molecule has 6 aliphatic rings. The number of benzene rings is 11. The minimum absolute atomic E-state index is 0.108. The molecule has 11 aromatic carbocycles. The monoisotopic (exact) mass is 1480 g/mol. The Balaban J connectivity index is 0.701. The van der Waals surface area contributed by atoms with Gasteiger partial charge < -0.3 is 9.47 Å². The van der Waals surface area contributed by atoms with Crippen LogP contribution in [0.5, 0.6) is 0 Å². The van der Waals surface area contributed by atoms with Crippen LogP contribution < -0.4 is 46.5 Å². The first-order chi connectivity index (χ1) is 54.3. The van der Waals surface area contributed by atoms with Crippen molar-refractivity contribution in [2.24, 2.45) is 23.2 Å². The Kier molecular flexibility index (Phi) is 19.9. The number of aromatic nitrogens is 1. The van der Waals surface area contributed by atoms with Gasteiger partial charge in [0.1, 0.15) is 8.07 Å². The van der Waals surface area contributed by atoms with Crippen molar-refractivity contribution in [3.8, 4) is 39.1 Å². The molecule has 12 aromatic rings. The summed E-state index contributed by atoms with van der Waals surface area (Å²) in [5, 5.41) is 13.0. The second-order valence-electron chi connectivity index (χ2n) is 35.3. The molecule has 6 aliphatic carbocycles. The molecule has 2 unspecified atom stereocenters. The van der Waals surface area contributed by atoms with E-state index in [9.17, 15) is 0 Å². The Morgan fingerprint density at radius 3 is 1.50 bits per heavy atom. The standard InChI is InChI=1S/C107H108N2Si2/c1-106(2,3)85-56-40-76(41-57-85)78-44-60-87(61-45-78)108(88-62-46-79(47-63-88)77-42-58-86(59-43-77)107(4,5)6)103-73-70-98(99-38-25-39-100(99)103)82-48-64-89(65-49-82)109-104-71-54-83(80-50-66-96(67-51-80)110(90-26-13-7-14-27-90,91-28-15-8-16-29-91)92-30-17-9-18-31-92)74-101(104)102-75-84(55-72-105(102)109)81-52-68-97(69-53-81)111(93-32-19-10-20-33-93,94-34-21-11-22-35-94)95-36-23-12-24-37-95/h7-11,13-22,26-35,38-42,44-45,48-51,54,56-62,64-67,70-71,73-75,77,79,81,95,97H,12,23-25,36-37,43,46-47,52-53,55,63,68-69,72H2,1-6H3. The molecule has 0 spiro atoms. The summed E-state index contributed by atoms with van der Waals surface area (Å²) in [7, 11) is -4.88. The maximum Gasteiger partial charge on any atom is 0.179 e. The number of hydrogen-bond donors (Lipinski definition) is 0. The molecule has 0 N–H and O–H groups in total. The van der Waals surface area contributed by atoms with E-state index in [1.54, 1.807) is 15.9 Å². The highest BCUT2D eigenvalue weighted by molar-refractivity contribution is 7.20. The zero-order chi connectivity index (χ0) is 75.3. The number of fused-ring (bicyclic) bond motifs is 4. The summed E-state index contributed by atoms with van der Waals surface area (Å²) < 4.78 is 2.65. The zero-order valence-corrected chi connectivity index (χ0v) is 68.2. The summed E-state index contributed by atoms with van der Waals surface area (Å²) >= 11 is 0. The van der Waals surface area contributed by atoms with E-state index < -0.39 is 16.1 Å². The van der Waals surface area contributed by atoms with Gasteiger partial charge in [0.25, 0.3) is 0 Å². The lowest BCUT2D eigenvalue weighted by Crippen LogP contribution is -2.74. The first kappa shape index (κ1) is 72.4. The summed E-state index contributed by atoms with van der Waals surface area (Å²) in [4.78, 5) is 2.63. The van der Waals surface area contributed by atoms with Gasteiger partial charge in [-0.1, -0.05) is 382 Å². The van der Waals surface area contributed by atoms with Crippen LogP contribution in [0.25, 0.3) is 68.2 Å². The van der Waals surface area contributed by atoms with Crippen molar-refractivity contribution in [1.82, 2.24) is 4.57 Å². The van der Waals surface area contributed by atoms with Crippen LogP contribution in [0.4, 0.5) is 11.4 Å². The fourth-order valence-electron chi connectivity index (χ4n) is 21.4. The van der Waals surface area contributed by atoms with Crippen molar-refractivity contribution < 1.29 is 0 Å². The summed E-state index contributed by atoms with van der Waals surface area (Å²) in [5.41, 5.74) is 23.2. The van der Waals surface area contributed by atoms with E-state index in [-0.39, 0.29) is 10.8 Å². The highest BCUT2D eigenvalue weighted by Crippen LogP contribution is 2.52. The van der Waals surface area contributed by atoms with Gasteiger partial charge in [0.2, 0.25) is 0 Å². The number of anilines is 2. The summed E-state index contributed by atoms with van der Waals surface area (Å²) in [6, 6.07) is 109. The Morgan fingerprint density at radius 1 is 0.414 bits per heavy atom. The van der Waals surface area contributed by atoms with Crippen molar-refractivity contribution in [2.45, 2.75) is 161 Å². The second-order valence-corrected chi connectivity index (χ2v) is 43.7. The summed E-state index contributed by atoms with van der Waals surface area (Å²) in [5.74, 6) is 1.80. The smallest absolute Gasteiger partial charge is 0.179 e. The topological polar surface area (TPSA) is 8.17 Å². The molecular formula is C107H108N2Si2. The fraction of sp³-hybridized carbons (Fsp3) is 0.271. The van der Waals surface area contributed by atoms with E-state index in [2.05, 4.69) is 373 Å². The molecule has 1 aromatic heterocycles. The normalized spacial score (nSPS) is 18.9. The van der Waals surface area contributed by atoms with Gasteiger partial charge >= 0.3 is 0 Å². The average Bonchev–Trinajstić information content (AvgIpc) is 1.64. The molecule has 0 amide bonds. The van der Waals surface area contributed by atoms with Gasteiger partial charge in [-0.3, -0.25) is 0 Å². The van der Waals surface area contributed by atoms with E-state index >= 15 is 0 Å². The van der Waals surface area contributed by atoms with Crippen molar-refractivity contribution in [3.63, 3.8) is 0 Å². The van der Waals surface area contributed by atoms with Crippen LogP contribution >= 0.6 is 0 Å². The SMILES string of the molecule is CC(C)(C)C1=CCC(C2CC=C(N(c3ccc(-c4ccc(C(C)(C)C)cc4)cc3)c3ccc(-c4ccc(-n5c6c(c7cc(-c8ccc([Si](c9ccccc9)(c9ccccc9)c9ccccc9)cc8)ccc75)C=C(C5CCC([Si](c7ccccc7)(c7ccccc7)C7CCCCC7)CC5)CC6)cc4)c4c3=CCC=4)CC2)C=C1. The first-order valence-electron chi connectivity index (χ1n) is 42.1. The van der Waals surface area contributed by atoms with Crippen molar-refractivity contribution in [2.75, 3.05) is 4.90 Å².